The van der Waals surface area contributed by atoms with Gasteiger partial charge in [0.1, 0.15) is 30.5 Å². The number of aliphatic hydroxyl groups excluding tert-OH is 3. The highest BCUT2D eigenvalue weighted by molar-refractivity contribution is 5.90. The van der Waals surface area contributed by atoms with E-state index in [0.717, 1.165) is 25.7 Å². The number of benzene rings is 2. The third-order valence-electron chi connectivity index (χ3n) is 8.64. The van der Waals surface area contributed by atoms with E-state index in [1.165, 1.54) is 63.5 Å². The molecule has 0 radical (unpaired) electrons. The smallest absolute Gasteiger partial charge is 0.338 e. The largest absolute Gasteiger partial charge is 0.454 e. The van der Waals surface area contributed by atoms with Gasteiger partial charge in [0.25, 0.3) is 0 Å². The van der Waals surface area contributed by atoms with Crippen LogP contribution < -0.4 is 0 Å². The van der Waals surface area contributed by atoms with Crippen molar-refractivity contribution in [2.45, 2.75) is 127 Å². The third-order valence-corrected chi connectivity index (χ3v) is 8.64. The molecule has 2 aromatic carbocycles. The first kappa shape index (κ1) is 40.7. The highest BCUT2D eigenvalue weighted by atomic mass is 16.7. The van der Waals surface area contributed by atoms with E-state index in [9.17, 15) is 30.4 Å². The number of azide groups is 1. The second-order valence-corrected chi connectivity index (χ2v) is 12.5. The summed E-state index contributed by atoms with van der Waals surface area (Å²) in [6.45, 7) is 1.19. The van der Waals surface area contributed by atoms with E-state index < -0.39 is 61.4 Å². The van der Waals surface area contributed by atoms with Crippen molar-refractivity contribution in [3.63, 3.8) is 0 Å². The molecular formula is C38H53N3O9. The van der Waals surface area contributed by atoms with Gasteiger partial charge in [0.05, 0.1) is 24.3 Å². The molecule has 1 heterocycles. The molecule has 1 aliphatic rings. The lowest BCUT2D eigenvalue weighted by molar-refractivity contribution is -0.301. The Labute approximate surface area is 295 Å². The molecule has 0 unspecified atom stereocenters. The summed E-state index contributed by atoms with van der Waals surface area (Å²) in [5.41, 5.74) is 9.92. The Bertz CT molecular complexity index is 1320. The first-order valence-corrected chi connectivity index (χ1v) is 17.9. The summed E-state index contributed by atoms with van der Waals surface area (Å²) >= 11 is 0. The Morgan fingerprint density at radius 2 is 1.42 bits per heavy atom. The van der Waals surface area contributed by atoms with Crippen molar-refractivity contribution in [3.8, 4) is 0 Å². The predicted octanol–water partition coefficient (Wildman–Crippen LogP) is 6.83. The van der Waals surface area contributed by atoms with Crippen molar-refractivity contribution >= 4 is 11.9 Å². The van der Waals surface area contributed by atoms with Crippen molar-refractivity contribution in [3.05, 3.63) is 94.4 Å². The van der Waals surface area contributed by atoms with Gasteiger partial charge in [0.2, 0.25) is 0 Å². The summed E-state index contributed by atoms with van der Waals surface area (Å²) in [7, 11) is 0. The molecule has 3 rings (SSSR count). The number of esters is 2. The fourth-order valence-corrected chi connectivity index (χ4v) is 5.72. The van der Waals surface area contributed by atoms with Gasteiger partial charge in [-0.15, -0.1) is 0 Å². The molecular weight excluding hydrogens is 642 g/mol. The van der Waals surface area contributed by atoms with Gasteiger partial charge in [-0.05, 0) is 48.7 Å². The molecule has 0 aromatic heterocycles. The van der Waals surface area contributed by atoms with E-state index >= 15 is 0 Å². The summed E-state index contributed by atoms with van der Waals surface area (Å²) in [4.78, 5) is 28.7. The summed E-state index contributed by atoms with van der Waals surface area (Å²) in [5.74, 6) is -1.42. The fraction of sp³-hybridized carbons (Fsp3) is 0.579. The second kappa shape index (κ2) is 23.6. The van der Waals surface area contributed by atoms with Gasteiger partial charge in [-0.25, -0.2) is 9.59 Å². The molecule has 50 heavy (non-hydrogen) atoms. The molecule has 274 valence electrons. The zero-order chi connectivity index (χ0) is 36.0. The summed E-state index contributed by atoms with van der Waals surface area (Å²) < 4.78 is 22.6. The van der Waals surface area contributed by atoms with Gasteiger partial charge in [-0.2, -0.15) is 0 Å². The number of hydrogen-bond donors (Lipinski definition) is 3. The van der Waals surface area contributed by atoms with E-state index in [2.05, 4.69) is 16.9 Å². The fourth-order valence-electron chi connectivity index (χ4n) is 5.72. The van der Waals surface area contributed by atoms with Gasteiger partial charge >= 0.3 is 11.9 Å². The summed E-state index contributed by atoms with van der Waals surface area (Å²) in [6.07, 6.45) is 9.22. The van der Waals surface area contributed by atoms with E-state index in [-0.39, 0.29) is 12.2 Å². The van der Waals surface area contributed by atoms with E-state index in [0.29, 0.717) is 5.56 Å². The van der Waals surface area contributed by atoms with E-state index in [1.54, 1.807) is 54.6 Å². The Morgan fingerprint density at radius 1 is 0.860 bits per heavy atom. The Balaban J connectivity index is 1.62. The van der Waals surface area contributed by atoms with Crippen LogP contribution in [-0.2, 0) is 18.9 Å². The molecule has 12 nitrogen and oxygen atoms in total. The number of unbranched alkanes of at least 4 members (excludes halogenated alkanes) is 11. The van der Waals surface area contributed by atoms with Crippen LogP contribution in [-0.4, -0.2) is 83.3 Å². The van der Waals surface area contributed by atoms with E-state index in [1.807, 2.05) is 6.08 Å². The van der Waals surface area contributed by atoms with Gasteiger partial charge in [0, 0.05) is 4.91 Å². The maximum Gasteiger partial charge on any atom is 0.338 e. The zero-order valence-electron chi connectivity index (χ0n) is 29.0. The topological polar surface area (TPSA) is 181 Å². The number of carbonyl (C=O) groups excluding carboxylic acids is 2. The predicted molar refractivity (Wildman–Crippen MR) is 188 cm³/mol. The van der Waals surface area contributed by atoms with Crippen molar-refractivity contribution in [2.24, 2.45) is 5.11 Å². The van der Waals surface area contributed by atoms with Crippen LogP contribution in [0.5, 0.6) is 0 Å². The van der Waals surface area contributed by atoms with Crippen LogP contribution in [0.15, 0.2) is 77.9 Å². The minimum atomic E-state index is -1.67. The zero-order valence-corrected chi connectivity index (χ0v) is 29.0. The average Bonchev–Trinajstić information content (AvgIpc) is 3.14. The number of ether oxygens (including phenoxy) is 4. The monoisotopic (exact) mass is 695 g/mol. The molecule has 3 N–H and O–H groups in total. The van der Waals surface area contributed by atoms with Gasteiger partial charge in [-0.3, -0.25) is 0 Å². The number of hydrogen-bond acceptors (Lipinski definition) is 10. The average molecular weight is 696 g/mol. The Morgan fingerprint density at radius 3 is 1.98 bits per heavy atom. The maximum absolute atomic E-state index is 13.0. The maximum atomic E-state index is 13.0. The molecule has 7 atom stereocenters. The lowest BCUT2D eigenvalue weighted by Gasteiger charge is -2.41. The minimum absolute atomic E-state index is 0.197. The molecule has 1 aliphatic heterocycles. The normalized spacial score (nSPS) is 21.6. The third kappa shape index (κ3) is 13.9. The minimum Gasteiger partial charge on any atom is -0.454 e. The molecule has 0 spiro atoms. The van der Waals surface area contributed by atoms with Crippen molar-refractivity contribution in [1.29, 1.82) is 0 Å². The second-order valence-electron chi connectivity index (χ2n) is 12.5. The standard InChI is InChI=1S/C38H53N3O9/c1-2-3-4-5-6-7-8-9-10-11-12-13-20-25-31(48-36(45)28-21-16-14-17-22-28)30(40-41-39)27-47-38-34(44)35(33(43)32(26-42)49-38)50-37(46)29-23-18-15-19-24-29/h14-25,30-35,38,42-44H,2-13,26-27H2,1H3/b25-20+/t30-,31+,32+,33+,34-,35-,38-/m0/s1. The molecule has 1 saturated heterocycles. The molecule has 0 amide bonds. The highest BCUT2D eigenvalue weighted by Crippen LogP contribution is 2.26. The van der Waals surface area contributed by atoms with Crippen LogP contribution in [0.4, 0.5) is 0 Å². The Hall–Kier alpha value is -3.77. The molecule has 0 aliphatic carbocycles. The lowest BCUT2D eigenvalue weighted by Crippen LogP contribution is -2.60. The number of rotatable bonds is 23. The molecule has 12 heteroatoms. The molecule has 2 aromatic rings. The van der Waals surface area contributed by atoms with Crippen molar-refractivity contribution in [2.75, 3.05) is 13.2 Å². The van der Waals surface area contributed by atoms with Crippen LogP contribution in [0.25, 0.3) is 10.4 Å². The van der Waals surface area contributed by atoms with Gasteiger partial charge in [0.15, 0.2) is 12.4 Å². The first-order chi connectivity index (χ1) is 24.4. The first-order valence-electron chi connectivity index (χ1n) is 17.9. The van der Waals surface area contributed by atoms with Gasteiger partial charge in [-0.1, -0.05) is 119 Å². The lowest BCUT2D eigenvalue weighted by atomic mass is 9.98. The van der Waals surface area contributed by atoms with Crippen LogP contribution >= 0.6 is 0 Å². The number of nitrogens with zero attached hydrogens (tertiary/aromatic N) is 3. The molecule has 0 saturated carbocycles. The molecule has 1 fully saturated rings. The van der Waals surface area contributed by atoms with Crippen LogP contribution in [0.3, 0.4) is 0 Å². The van der Waals surface area contributed by atoms with Gasteiger partial charge < -0.3 is 34.3 Å². The molecule has 0 bridgehead atoms. The number of aliphatic hydroxyl groups is 3. The SMILES string of the molecule is CCCCCCCCCCCCC/C=C/[C@@H](OC(=O)c1ccccc1)[C@H](CO[C@H]1O[C@H](CO)[C@@H](O)[C@H](OC(=O)c2ccccc2)[C@@H]1O)N=[N+]=[N-]. The summed E-state index contributed by atoms with van der Waals surface area (Å²) in [6, 6.07) is 15.4. The highest BCUT2D eigenvalue weighted by Gasteiger charge is 2.47. The van der Waals surface area contributed by atoms with Crippen molar-refractivity contribution < 1.29 is 43.9 Å². The summed E-state index contributed by atoms with van der Waals surface area (Å²) in [5, 5.41) is 35.4. The Kier molecular flexibility index (Phi) is 19.2. The number of allylic oxidation sites excluding steroid dienone is 1. The van der Waals surface area contributed by atoms with Crippen LogP contribution in [0.1, 0.15) is 105 Å². The number of carbonyl (C=O) groups is 2. The van der Waals surface area contributed by atoms with Crippen molar-refractivity contribution in [1.82, 2.24) is 0 Å². The van der Waals surface area contributed by atoms with E-state index in [4.69, 9.17) is 18.9 Å². The quantitative estimate of drug-likeness (QED) is 0.0280. The van der Waals surface area contributed by atoms with Crippen LogP contribution in [0, 0.1) is 0 Å². The van der Waals surface area contributed by atoms with Crippen LogP contribution in [0.2, 0.25) is 0 Å².